The van der Waals surface area contributed by atoms with Crippen LogP contribution < -0.4 is 5.32 Å². The first-order valence-corrected chi connectivity index (χ1v) is 4.03. The number of carbonyl (C=O) groups is 2. The lowest BCUT2D eigenvalue weighted by molar-refractivity contribution is -0.118. The minimum Gasteiger partial charge on any atom is -0.349 e. The third kappa shape index (κ3) is 3.85. The summed E-state index contributed by atoms with van der Waals surface area (Å²) >= 11 is 0. The van der Waals surface area contributed by atoms with E-state index in [1.54, 1.807) is 24.3 Å². The quantitative estimate of drug-likeness (QED) is 0.742. The van der Waals surface area contributed by atoms with Crippen LogP contribution in [0.5, 0.6) is 0 Å². The number of hydrogen-bond acceptors (Lipinski definition) is 2. The van der Waals surface area contributed by atoms with E-state index in [-0.39, 0.29) is 25.7 Å². The van der Waals surface area contributed by atoms with Crippen LogP contribution in [0.2, 0.25) is 0 Å². The molecule has 0 fully saturated rings. The van der Waals surface area contributed by atoms with E-state index >= 15 is 0 Å². The molecule has 3 heteroatoms. The molecule has 3 nitrogen and oxygen atoms in total. The molecule has 1 rings (SSSR count). The monoisotopic (exact) mass is 193 g/mol. The Morgan fingerprint density at radius 2 is 1.79 bits per heavy atom. The predicted octanol–water partition coefficient (Wildman–Crippen LogP) is 1.64. The van der Waals surface area contributed by atoms with Crippen molar-refractivity contribution in [2.24, 2.45) is 0 Å². The first-order chi connectivity index (χ1) is 6.20. The van der Waals surface area contributed by atoms with Crippen LogP contribution in [0.4, 0.5) is 0 Å². The van der Waals surface area contributed by atoms with Crippen LogP contribution in [0.3, 0.4) is 0 Å². The molecule has 0 heterocycles. The standard InChI is InChI=1S/C10H11NO2.CH4/c1-8(12)11-7-10(13)9-5-3-2-4-6-9;/h2-6H,7H2,1H3,(H,11,12);1H4. The van der Waals surface area contributed by atoms with Crippen molar-refractivity contribution in [2.75, 3.05) is 6.54 Å². The molecule has 0 radical (unpaired) electrons. The van der Waals surface area contributed by atoms with E-state index in [1.165, 1.54) is 6.92 Å². The molecule has 1 amide bonds. The molecule has 0 aromatic heterocycles. The Labute approximate surface area is 84.1 Å². The van der Waals surface area contributed by atoms with Crippen molar-refractivity contribution in [3.05, 3.63) is 35.9 Å². The van der Waals surface area contributed by atoms with Gasteiger partial charge in [-0.2, -0.15) is 0 Å². The topological polar surface area (TPSA) is 46.2 Å². The summed E-state index contributed by atoms with van der Waals surface area (Å²) in [7, 11) is 0. The van der Waals surface area contributed by atoms with Gasteiger partial charge in [0.25, 0.3) is 0 Å². The average Bonchev–Trinajstić information content (AvgIpc) is 2.15. The van der Waals surface area contributed by atoms with E-state index in [0.717, 1.165) is 0 Å². The second-order valence-corrected chi connectivity index (χ2v) is 2.70. The van der Waals surface area contributed by atoms with E-state index in [1.807, 2.05) is 6.07 Å². The Morgan fingerprint density at radius 3 is 2.29 bits per heavy atom. The number of Topliss-reactive ketones (excluding diaryl/α,β-unsaturated/α-hetero) is 1. The summed E-state index contributed by atoms with van der Waals surface area (Å²) in [5.74, 6) is -0.264. The maximum absolute atomic E-state index is 11.3. The van der Waals surface area contributed by atoms with Gasteiger partial charge in [0.1, 0.15) is 0 Å². The van der Waals surface area contributed by atoms with Gasteiger partial charge in [-0.25, -0.2) is 0 Å². The summed E-state index contributed by atoms with van der Waals surface area (Å²) in [4.78, 5) is 21.9. The molecule has 0 saturated carbocycles. The Balaban J connectivity index is 0.00000169. The highest BCUT2D eigenvalue weighted by Gasteiger charge is 2.04. The summed E-state index contributed by atoms with van der Waals surface area (Å²) in [6, 6.07) is 8.88. The van der Waals surface area contributed by atoms with Gasteiger partial charge >= 0.3 is 0 Å². The lowest BCUT2D eigenvalue weighted by Crippen LogP contribution is -2.27. The van der Waals surface area contributed by atoms with Gasteiger partial charge in [-0.3, -0.25) is 9.59 Å². The molecule has 0 spiro atoms. The number of amides is 1. The molecule has 0 bridgehead atoms. The van der Waals surface area contributed by atoms with E-state index in [9.17, 15) is 9.59 Å². The summed E-state index contributed by atoms with van der Waals surface area (Å²) < 4.78 is 0. The molecule has 1 aromatic carbocycles. The fraction of sp³-hybridized carbons (Fsp3) is 0.273. The summed E-state index contributed by atoms with van der Waals surface area (Å²) in [5, 5.41) is 2.46. The van der Waals surface area contributed by atoms with Crippen molar-refractivity contribution in [1.82, 2.24) is 5.32 Å². The third-order valence-corrected chi connectivity index (χ3v) is 1.59. The summed E-state index contributed by atoms with van der Waals surface area (Å²) in [5.41, 5.74) is 0.622. The Bertz CT molecular complexity index is 306. The number of benzene rings is 1. The predicted molar refractivity (Wildman–Crippen MR) is 56.2 cm³/mol. The van der Waals surface area contributed by atoms with Crippen LogP contribution in [0, 0.1) is 0 Å². The zero-order valence-electron chi connectivity index (χ0n) is 7.41. The highest BCUT2D eigenvalue weighted by atomic mass is 16.2. The number of carbonyl (C=O) groups excluding carboxylic acids is 2. The van der Waals surface area contributed by atoms with Gasteiger partial charge in [0.2, 0.25) is 5.91 Å². The SMILES string of the molecule is C.CC(=O)NCC(=O)c1ccccc1. The fourth-order valence-electron chi connectivity index (χ4n) is 0.931. The van der Waals surface area contributed by atoms with Gasteiger partial charge in [0.05, 0.1) is 6.54 Å². The fourth-order valence-corrected chi connectivity index (χ4v) is 0.931. The minimum atomic E-state index is -0.190. The first kappa shape index (κ1) is 12.4. The Kier molecular flexibility index (Phi) is 5.22. The lowest BCUT2D eigenvalue weighted by Gasteiger charge is -2.00. The van der Waals surface area contributed by atoms with Crippen molar-refractivity contribution < 1.29 is 9.59 Å². The molecule has 1 aromatic rings. The van der Waals surface area contributed by atoms with E-state index < -0.39 is 0 Å². The largest absolute Gasteiger partial charge is 0.349 e. The Morgan fingerprint density at radius 1 is 1.21 bits per heavy atom. The molecule has 14 heavy (non-hydrogen) atoms. The van der Waals surface area contributed by atoms with E-state index in [4.69, 9.17) is 0 Å². The van der Waals surface area contributed by atoms with Crippen LogP contribution >= 0.6 is 0 Å². The van der Waals surface area contributed by atoms with Crippen molar-refractivity contribution in [3.8, 4) is 0 Å². The van der Waals surface area contributed by atoms with Gasteiger partial charge in [-0.05, 0) is 0 Å². The van der Waals surface area contributed by atoms with Crippen LogP contribution in [-0.2, 0) is 4.79 Å². The number of ketones is 1. The molecule has 0 aliphatic rings. The molecule has 0 unspecified atom stereocenters. The summed E-state index contributed by atoms with van der Waals surface area (Å²) in [6.45, 7) is 1.46. The maximum Gasteiger partial charge on any atom is 0.217 e. The van der Waals surface area contributed by atoms with Gasteiger partial charge in [0.15, 0.2) is 5.78 Å². The molecular weight excluding hydrogens is 178 g/mol. The van der Waals surface area contributed by atoms with Crippen LogP contribution in [0.15, 0.2) is 30.3 Å². The van der Waals surface area contributed by atoms with Crippen LogP contribution in [0.1, 0.15) is 24.7 Å². The highest BCUT2D eigenvalue weighted by molar-refractivity contribution is 5.99. The van der Waals surface area contributed by atoms with Crippen LogP contribution in [0.25, 0.3) is 0 Å². The van der Waals surface area contributed by atoms with Crippen molar-refractivity contribution in [3.63, 3.8) is 0 Å². The molecular formula is C11H15NO2. The normalized spacial score (nSPS) is 8.64. The van der Waals surface area contributed by atoms with E-state index in [2.05, 4.69) is 5.32 Å². The zero-order valence-corrected chi connectivity index (χ0v) is 7.41. The first-order valence-electron chi connectivity index (χ1n) is 4.03. The van der Waals surface area contributed by atoms with Crippen molar-refractivity contribution in [2.45, 2.75) is 14.4 Å². The maximum atomic E-state index is 11.3. The Hall–Kier alpha value is -1.64. The van der Waals surface area contributed by atoms with E-state index in [0.29, 0.717) is 5.56 Å². The molecule has 1 N–H and O–H groups in total. The molecule has 0 atom stereocenters. The number of nitrogens with one attached hydrogen (secondary N) is 1. The van der Waals surface area contributed by atoms with Crippen molar-refractivity contribution >= 4 is 11.7 Å². The number of rotatable bonds is 3. The molecule has 0 aliphatic heterocycles. The highest BCUT2D eigenvalue weighted by Crippen LogP contribution is 1.98. The minimum absolute atomic E-state index is 0. The van der Waals surface area contributed by atoms with Gasteiger partial charge in [-0.1, -0.05) is 37.8 Å². The second kappa shape index (κ2) is 5.91. The molecule has 76 valence electrons. The lowest BCUT2D eigenvalue weighted by atomic mass is 10.1. The average molecular weight is 193 g/mol. The smallest absolute Gasteiger partial charge is 0.217 e. The van der Waals surface area contributed by atoms with Gasteiger partial charge < -0.3 is 5.32 Å². The van der Waals surface area contributed by atoms with Crippen molar-refractivity contribution in [1.29, 1.82) is 0 Å². The molecule has 0 saturated heterocycles. The third-order valence-electron chi connectivity index (χ3n) is 1.59. The second-order valence-electron chi connectivity index (χ2n) is 2.70. The zero-order chi connectivity index (χ0) is 9.68. The van der Waals surface area contributed by atoms with Gasteiger partial charge in [0, 0.05) is 12.5 Å². The van der Waals surface area contributed by atoms with Crippen LogP contribution in [-0.4, -0.2) is 18.2 Å². The summed E-state index contributed by atoms with van der Waals surface area (Å²) in [6.07, 6.45) is 0. The molecule has 0 aliphatic carbocycles. The van der Waals surface area contributed by atoms with Gasteiger partial charge in [-0.15, -0.1) is 0 Å². The number of hydrogen-bond donors (Lipinski definition) is 1.